The smallest absolute Gasteiger partial charge is 0.0541 e. The van der Waals surface area contributed by atoms with Gasteiger partial charge in [0.05, 0.1) is 22.1 Å². The monoisotopic (exact) mass is 872 g/mol. The summed E-state index contributed by atoms with van der Waals surface area (Å²) in [4.78, 5) is 0. The van der Waals surface area contributed by atoms with Crippen LogP contribution in [0.25, 0.3) is 111 Å². The van der Waals surface area contributed by atoms with Crippen LogP contribution < -0.4 is 0 Å². The van der Waals surface area contributed by atoms with Crippen molar-refractivity contribution in [1.29, 1.82) is 0 Å². The van der Waals surface area contributed by atoms with Crippen LogP contribution >= 0.6 is 0 Å². The molecule has 13 rings (SSSR count). The molecule has 0 amide bonds. The van der Waals surface area contributed by atoms with Crippen molar-refractivity contribution in [2.24, 2.45) is 11.8 Å². The molecule has 2 unspecified atom stereocenters. The van der Waals surface area contributed by atoms with Crippen molar-refractivity contribution in [1.82, 2.24) is 9.13 Å². The average Bonchev–Trinajstić information content (AvgIpc) is 3.87. The van der Waals surface area contributed by atoms with Gasteiger partial charge in [-0.15, -0.1) is 0 Å². The van der Waals surface area contributed by atoms with E-state index in [1.54, 1.807) is 0 Å². The molecular weight excluding hydrogens is 821 g/mol. The molecule has 0 N–H and O–H groups in total. The van der Waals surface area contributed by atoms with Crippen molar-refractivity contribution in [3.8, 4) is 39.1 Å². The highest BCUT2D eigenvalue weighted by Gasteiger charge is 2.28. The summed E-state index contributed by atoms with van der Waals surface area (Å²) in [6.45, 7) is 9.15. The molecule has 326 valence electrons. The number of aryl methyl sites for hydroxylation is 2. The summed E-state index contributed by atoms with van der Waals surface area (Å²) in [5, 5.41) is 7.74. The molecule has 2 heteroatoms. The van der Waals surface area contributed by atoms with Crippen LogP contribution in [0.15, 0.2) is 200 Å². The largest absolute Gasteiger partial charge is 0.310 e. The topological polar surface area (TPSA) is 9.86 Å². The predicted octanol–water partition coefficient (Wildman–Crippen LogP) is 17.8. The summed E-state index contributed by atoms with van der Waals surface area (Å²) in [5.74, 6) is 0.796. The lowest BCUT2D eigenvalue weighted by atomic mass is 9.74. The molecule has 2 aromatic heterocycles. The summed E-state index contributed by atoms with van der Waals surface area (Å²) in [6, 6.07) is 68.5. The molecule has 0 radical (unpaired) electrons. The van der Waals surface area contributed by atoms with Crippen molar-refractivity contribution in [3.05, 3.63) is 228 Å². The quantitative estimate of drug-likeness (QED) is 0.158. The normalized spacial score (nSPS) is 15.9. The third-order valence-electron chi connectivity index (χ3n) is 15.0. The van der Waals surface area contributed by atoms with Gasteiger partial charge < -0.3 is 9.13 Å². The second kappa shape index (κ2) is 15.9. The first-order chi connectivity index (χ1) is 33.4. The predicted molar refractivity (Wildman–Crippen MR) is 291 cm³/mol. The van der Waals surface area contributed by atoms with E-state index in [2.05, 4.69) is 243 Å². The van der Waals surface area contributed by atoms with E-state index in [4.69, 9.17) is 0 Å². The Kier molecular flexibility index (Phi) is 9.41. The molecule has 0 saturated carbocycles. The van der Waals surface area contributed by atoms with Crippen LogP contribution in [-0.2, 0) is 6.42 Å². The van der Waals surface area contributed by atoms with Crippen molar-refractivity contribution in [2.75, 3.05) is 0 Å². The number of hydrogen-bond acceptors (Lipinski definition) is 0. The Hall–Kier alpha value is -7.94. The Bertz CT molecular complexity index is 3930. The van der Waals surface area contributed by atoms with Gasteiger partial charge in [0.15, 0.2) is 0 Å². The molecule has 0 fully saturated rings. The number of aromatic nitrogens is 2. The minimum atomic E-state index is 0.288. The fourth-order valence-electron chi connectivity index (χ4n) is 11.8. The van der Waals surface area contributed by atoms with Gasteiger partial charge in [0.2, 0.25) is 0 Å². The lowest BCUT2D eigenvalue weighted by Gasteiger charge is -2.30. The van der Waals surface area contributed by atoms with Gasteiger partial charge in [0, 0.05) is 32.9 Å². The summed E-state index contributed by atoms with van der Waals surface area (Å²) in [5.41, 5.74) is 23.0. The van der Waals surface area contributed by atoms with Crippen LogP contribution in [0, 0.1) is 25.7 Å². The fourth-order valence-corrected chi connectivity index (χ4v) is 11.8. The number of rotatable bonds is 6. The third kappa shape index (κ3) is 6.46. The lowest BCUT2D eigenvalue weighted by molar-refractivity contribution is 0.735. The van der Waals surface area contributed by atoms with Crippen LogP contribution in [0.3, 0.4) is 0 Å². The van der Waals surface area contributed by atoms with E-state index in [1.165, 1.54) is 133 Å². The highest BCUT2D eigenvalue weighted by Crippen LogP contribution is 2.50. The number of hydrogen-bond donors (Lipinski definition) is 0. The maximum absolute atomic E-state index is 2.55. The molecule has 2 aliphatic carbocycles. The van der Waals surface area contributed by atoms with Gasteiger partial charge in [-0.1, -0.05) is 152 Å². The molecule has 2 nitrogen and oxygen atoms in total. The van der Waals surface area contributed by atoms with Gasteiger partial charge in [0.25, 0.3) is 0 Å². The van der Waals surface area contributed by atoms with Crippen LogP contribution in [0.1, 0.15) is 48.1 Å². The molecular formula is C66H52N2. The summed E-state index contributed by atoms with van der Waals surface area (Å²) < 4.78 is 4.89. The zero-order valence-corrected chi connectivity index (χ0v) is 39.1. The maximum Gasteiger partial charge on any atom is 0.0541 e. The number of nitrogens with zero attached hydrogens (tertiary/aromatic N) is 2. The van der Waals surface area contributed by atoms with E-state index >= 15 is 0 Å². The number of allylic oxidation sites excluding steroid dienone is 5. The Morgan fingerprint density at radius 1 is 0.441 bits per heavy atom. The first-order valence-electron chi connectivity index (χ1n) is 24.4. The van der Waals surface area contributed by atoms with Crippen molar-refractivity contribution < 1.29 is 0 Å². The molecule has 0 spiro atoms. The van der Waals surface area contributed by atoms with Crippen molar-refractivity contribution >= 4 is 71.7 Å². The lowest BCUT2D eigenvalue weighted by Crippen LogP contribution is -2.12. The second-order valence-corrected chi connectivity index (χ2v) is 19.6. The van der Waals surface area contributed by atoms with Crippen LogP contribution in [0.5, 0.6) is 0 Å². The Balaban J connectivity index is 1.03. The molecule has 2 atom stereocenters. The molecule has 2 heterocycles. The highest BCUT2D eigenvalue weighted by molar-refractivity contribution is 6.15. The zero-order chi connectivity index (χ0) is 45.6. The van der Waals surface area contributed by atoms with Crippen LogP contribution in [0.2, 0.25) is 0 Å². The van der Waals surface area contributed by atoms with E-state index in [0.29, 0.717) is 5.92 Å². The minimum absolute atomic E-state index is 0.288. The zero-order valence-electron chi connectivity index (χ0n) is 39.1. The first-order valence-corrected chi connectivity index (χ1v) is 24.4. The molecule has 2 aliphatic rings. The standard InChI is InChI=1S/C66H52N2/c1-41-15-14-22-51(33-41)68-62-30-24-43(3)34-54(62)56-37-48(26-31-64(56)68)47-25-28-52-59(38-47)66(46-18-10-6-11-19-46)58-36-44(4)53(40-60(58)65(52)45-16-8-5-9-17-45)49-27-32-63-57(39-49)55-35-42(2)23-29-61(55)67(63)50-20-12-7-13-21-50/h5-14,16-35,37-41,44H,15,36H2,1-4H3. The molecule has 9 aromatic carbocycles. The van der Waals surface area contributed by atoms with E-state index in [-0.39, 0.29) is 5.92 Å². The number of para-hydroxylation sites is 1. The first kappa shape index (κ1) is 40.3. The SMILES string of the molecule is Cc1ccc2c(c1)c1cc(-c3ccc4c(-c5ccccc5)c5c(c(-c6ccccc6)c4c3)CC(C)C(c3ccc4c(c3)c3cc(C)ccc3n4-c3ccccc3)=C5)ccc1n2C1=CC(C)CC=C1. The Morgan fingerprint density at radius 2 is 0.956 bits per heavy atom. The molecule has 0 aliphatic heterocycles. The van der Waals surface area contributed by atoms with Gasteiger partial charge in [-0.05, 0) is 184 Å². The van der Waals surface area contributed by atoms with Gasteiger partial charge in [-0.2, -0.15) is 0 Å². The summed E-state index contributed by atoms with van der Waals surface area (Å²) >= 11 is 0. The Labute approximate surface area is 398 Å². The summed E-state index contributed by atoms with van der Waals surface area (Å²) in [6.07, 6.45) is 11.6. The van der Waals surface area contributed by atoms with Gasteiger partial charge >= 0.3 is 0 Å². The highest BCUT2D eigenvalue weighted by atomic mass is 15.0. The second-order valence-electron chi connectivity index (χ2n) is 19.6. The van der Waals surface area contributed by atoms with E-state index in [0.717, 1.165) is 12.8 Å². The minimum Gasteiger partial charge on any atom is -0.310 e. The van der Waals surface area contributed by atoms with Crippen LogP contribution in [0.4, 0.5) is 0 Å². The molecule has 0 saturated heterocycles. The maximum atomic E-state index is 2.55. The number of benzene rings is 9. The molecule has 11 aromatic rings. The van der Waals surface area contributed by atoms with Gasteiger partial charge in [-0.25, -0.2) is 0 Å². The van der Waals surface area contributed by atoms with Gasteiger partial charge in [-0.3, -0.25) is 0 Å². The van der Waals surface area contributed by atoms with Gasteiger partial charge in [0.1, 0.15) is 0 Å². The summed E-state index contributed by atoms with van der Waals surface area (Å²) in [7, 11) is 0. The molecule has 68 heavy (non-hydrogen) atoms. The molecule has 0 bridgehead atoms. The van der Waals surface area contributed by atoms with Crippen LogP contribution in [-0.4, -0.2) is 9.13 Å². The van der Waals surface area contributed by atoms with Crippen molar-refractivity contribution in [2.45, 2.75) is 40.5 Å². The Morgan fingerprint density at radius 3 is 1.59 bits per heavy atom. The number of fused-ring (bicyclic) bond motifs is 8. The van der Waals surface area contributed by atoms with E-state index < -0.39 is 0 Å². The van der Waals surface area contributed by atoms with Crippen molar-refractivity contribution in [3.63, 3.8) is 0 Å². The average molecular weight is 873 g/mol. The van der Waals surface area contributed by atoms with E-state index in [9.17, 15) is 0 Å². The third-order valence-corrected chi connectivity index (χ3v) is 15.0. The van der Waals surface area contributed by atoms with E-state index in [1.807, 2.05) is 0 Å². The fraction of sp³-hybridized carbons (Fsp3) is 0.121.